The minimum atomic E-state index is -2.11. The van der Waals surface area contributed by atoms with Crippen molar-refractivity contribution in [1.82, 2.24) is 0 Å². The van der Waals surface area contributed by atoms with Gasteiger partial charge in [-0.25, -0.2) is 9.59 Å². The van der Waals surface area contributed by atoms with Crippen LogP contribution in [0.15, 0.2) is 59.7 Å². The fraction of sp³-hybridized carbons (Fsp3) is 0.233. The van der Waals surface area contributed by atoms with Crippen molar-refractivity contribution in [2.24, 2.45) is 11.8 Å². The number of rotatable bonds is 10. The fourth-order valence-corrected chi connectivity index (χ4v) is 8.61. The van der Waals surface area contributed by atoms with Gasteiger partial charge in [0.1, 0.15) is 18.3 Å². The number of aromatic hydroxyl groups is 8. The highest BCUT2D eigenvalue weighted by Crippen LogP contribution is 2.58. The molecule has 1 heterocycles. The molecule has 0 amide bonds. The number of esters is 1. The Morgan fingerprint density at radius 1 is 0.594 bits per heavy atom. The Morgan fingerprint density at radius 2 is 1.05 bits per heavy atom. The molecule has 4 aromatic rings. The number of hydrogen-bond acceptors (Lipinski definition) is 17. The van der Waals surface area contributed by atoms with Crippen LogP contribution < -0.4 is 0 Å². The molecular formula is C43H36O21. The molecule has 1 aliphatic heterocycles. The molecule has 0 aromatic heterocycles. The Labute approximate surface area is 357 Å². The number of fused-ring (bicyclic) bond motifs is 2. The fourth-order valence-electron chi connectivity index (χ4n) is 8.61. The molecule has 21 nitrogen and oxygen atoms in total. The number of carbonyl (C=O) groups excluding carboxylic acids is 1. The zero-order valence-electron chi connectivity index (χ0n) is 32.4. The van der Waals surface area contributed by atoms with Crippen molar-refractivity contribution < 1.29 is 105 Å². The number of aliphatic hydroxyl groups is 2. The van der Waals surface area contributed by atoms with Crippen LogP contribution in [0.2, 0.25) is 0 Å². The summed E-state index contributed by atoms with van der Waals surface area (Å²) in [6.07, 6.45) is -6.54. The number of aliphatic carboxylic acids is 4. The minimum absolute atomic E-state index is 0.143. The van der Waals surface area contributed by atoms with Crippen LogP contribution in [-0.4, -0.2) is 132 Å². The van der Waals surface area contributed by atoms with Gasteiger partial charge >= 0.3 is 29.8 Å². The molecule has 7 rings (SSSR count). The van der Waals surface area contributed by atoms with Gasteiger partial charge < -0.3 is 81.0 Å². The SMILES string of the molecule is O=C(O)CC1OCC(O)C(O)C1OC(=O)C1=Cc2c(cc(O)c(O)c2-c2c(O)c(O)cc3c2C=C(C(=O)O)C(C(=O)O)C3c2ccc(O)c(O)c2)C(c2ccc(O)c(O)c2)C1C(=O)O. The predicted octanol–water partition coefficient (Wildman–Crippen LogP) is 2.05. The van der Waals surface area contributed by atoms with Crippen molar-refractivity contribution in [2.45, 2.75) is 42.7 Å². The zero-order chi connectivity index (χ0) is 46.8. The zero-order valence-corrected chi connectivity index (χ0v) is 32.4. The average Bonchev–Trinajstić information content (AvgIpc) is 3.22. The van der Waals surface area contributed by atoms with Gasteiger partial charge in [0.15, 0.2) is 52.1 Å². The van der Waals surface area contributed by atoms with E-state index in [1.807, 2.05) is 0 Å². The van der Waals surface area contributed by atoms with Crippen molar-refractivity contribution >= 4 is 42.0 Å². The summed E-state index contributed by atoms with van der Waals surface area (Å²) in [4.78, 5) is 65.1. The van der Waals surface area contributed by atoms with E-state index in [9.17, 15) is 95.5 Å². The second kappa shape index (κ2) is 16.4. The topological polar surface area (TPSA) is 387 Å². The molecule has 0 bridgehead atoms. The van der Waals surface area contributed by atoms with Crippen molar-refractivity contribution in [2.75, 3.05) is 6.61 Å². The van der Waals surface area contributed by atoms with Gasteiger partial charge in [0, 0.05) is 23.0 Å². The Bertz CT molecular complexity index is 2730. The smallest absolute Gasteiger partial charge is 0.335 e. The van der Waals surface area contributed by atoms with E-state index in [1.165, 1.54) is 0 Å². The first kappa shape index (κ1) is 44.1. The molecule has 14 N–H and O–H groups in total. The van der Waals surface area contributed by atoms with Gasteiger partial charge in [-0.3, -0.25) is 14.4 Å². The largest absolute Gasteiger partial charge is 0.504 e. The van der Waals surface area contributed by atoms with Crippen LogP contribution in [0.1, 0.15) is 51.6 Å². The van der Waals surface area contributed by atoms with Crippen molar-refractivity contribution in [3.05, 3.63) is 93.1 Å². The standard InChI is InChI=1S/C43H36O21/c44-21-3-1-13(5-23(21)46)30-17-9-25(48)36(53)32(15(17)7-19(40(56)57)34(30)41(58)59)33-16-8-20(43(62)64-39-28(11-29(51)52)63-12-27(50)38(39)55)35(42(60)61)31(18(16)10-26(49)37(33)54)14-2-4-22(45)24(47)6-14/h1-10,27-28,30-31,34-35,38-39,44-50,53-55H,11-12H2,(H,51,52)(H,56,57)(H,58,59)(H,60,61). The van der Waals surface area contributed by atoms with Crippen LogP contribution in [0.5, 0.6) is 46.0 Å². The second-order valence-corrected chi connectivity index (χ2v) is 15.2. The summed E-state index contributed by atoms with van der Waals surface area (Å²) >= 11 is 0. The molecule has 8 atom stereocenters. The lowest BCUT2D eigenvalue weighted by Gasteiger charge is -2.38. The number of hydrogen-bond donors (Lipinski definition) is 14. The van der Waals surface area contributed by atoms with E-state index in [0.29, 0.717) is 0 Å². The number of phenolic OH excluding ortho intramolecular Hbond substituents is 8. The number of carboxylic acids is 4. The Hall–Kier alpha value is -8.01. The normalized spacial score (nSPS) is 23.7. The first-order valence-electron chi connectivity index (χ1n) is 18.9. The number of aliphatic hydroxyl groups excluding tert-OH is 2. The van der Waals surface area contributed by atoms with Crippen molar-refractivity contribution in [1.29, 1.82) is 0 Å². The van der Waals surface area contributed by atoms with E-state index >= 15 is 0 Å². The van der Waals surface area contributed by atoms with Crippen LogP contribution in [0.4, 0.5) is 0 Å². The van der Waals surface area contributed by atoms with Gasteiger partial charge in [-0.2, -0.15) is 0 Å². The van der Waals surface area contributed by atoms with Crippen LogP contribution >= 0.6 is 0 Å². The molecule has 3 aliphatic rings. The maximum atomic E-state index is 14.4. The van der Waals surface area contributed by atoms with Crippen LogP contribution in [0.25, 0.3) is 23.3 Å². The van der Waals surface area contributed by atoms with Crippen LogP contribution in [0.3, 0.4) is 0 Å². The Balaban J connectivity index is 1.57. The summed E-state index contributed by atoms with van der Waals surface area (Å²) in [5, 5.41) is 150. The highest BCUT2D eigenvalue weighted by atomic mass is 16.6. The van der Waals surface area contributed by atoms with E-state index in [-0.39, 0.29) is 22.3 Å². The lowest BCUT2D eigenvalue weighted by molar-refractivity contribution is -0.208. The summed E-state index contributed by atoms with van der Waals surface area (Å²) in [7, 11) is 0. The van der Waals surface area contributed by atoms with E-state index in [4.69, 9.17) is 9.47 Å². The summed E-state index contributed by atoms with van der Waals surface area (Å²) in [6, 6.07) is 7.70. The summed E-state index contributed by atoms with van der Waals surface area (Å²) in [5.74, 6) is -23.2. The maximum Gasteiger partial charge on any atom is 0.335 e. The quantitative estimate of drug-likeness (QED) is 0.0800. The molecule has 1 fully saturated rings. The minimum Gasteiger partial charge on any atom is -0.504 e. The van der Waals surface area contributed by atoms with Gasteiger partial charge in [0.2, 0.25) is 0 Å². The van der Waals surface area contributed by atoms with E-state index < -0.39 is 170 Å². The van der Waals surface area contributed by atoms with Crippen LogP contribution in [0, 0.1) is 11.8 Å². The maximum absolute atomic E-state index is 14.4. The third kappa shape index (κ3) is 7.41. The number of phenols is 8. The predicted molar refractivity (Wildman–Crippen MR) is 211 cm³/mol. The lowest BCUT2D eigenvalue weighted by atomic mass is 9.67. The molecule has 21 heteroatoms. The van der Waals surface area contributed by atoms with E-state index in [1.54, 1.807) is 0 Å². The van der Waals surface area contributed by atoms with Gasteiger partial charge in [-0.05, 0) is 81.9 Å². The number of benzene rings is 4. The van der Waals surface area contributed by atoms with Gasteiger partial charge in [0.05, 0.1) is 36.0 Å². The Morgan fingerprint density at radius 3 is 1.47 bits per heavy atom. The van der Waals surface area contributed by atoms with Gasteiger partial charge in [-0.1, -0.05) is 12.1 Å². The number of carboxylic acid groups (broad SMARTS) is 4. The Kier molecular flexibility index (Phi) is 11.3. The third-order valence-electron chi connectivity index (χ3n) is 11.5. The lowest BCUT2D eigenvalue weighted by Crippen LogP contribution is -2.55. The van der Waals surface area contributed by atoms with Gasteiger partial charge in [0.25, 0.3) is 0 Å². The molecule has 334 valence electrons. The second-order valence-electron chi connectivity index (χ2n) is 15.2. The van der Waals surface area contributed by atoms with Crippen molar-refractivity contribution in [3.8, 4) is 57.1 Å². The molecule has 1 saturated heterocycles. The summed E-state index contributed by atoms with van der Waals surface area (Å²) in [6.45, 7) is -0.586. The average molecular weight is 889 g/mol. The summed E-state index contributed by atoms with van der Waals surface area (Å²) in [5.41, 5.74) is -5.01. The van der Waals surface area contributed by atoms with E-state index in [2.05, 4.69) is 0 Å². The van der Waals surface area contributed by atoms with Crippen molar-refractivity contribution in [3.63, 3.8) is 0 Å². The third-order valence-corrected chi connectivity index (χ3v) is 11.5. The molecular weight excluding hydrogens is 852 g/mol. The highest BCUT2D eigenvalue weighted by molar-refractivity contribution is 6.07. The summed E-state index contributed by atoms with van der Waals surface area (Å²) < 4.78 is 10.8. The molecule has 0 saturated carbocycles. The number of carbonyl (C=O) groups is 5. The van der Waals surface area contributed by atoms with E-state index in [0.717, 1.165) is 60.7 Å². The first-order valence-corrected chi connectivity index (χ1v) is 18.9. The molecule has 0 radical (unpaired) electrons. The molecule has 0 spiro atoms. The van der Waals surface area contributed by atoms with Crippen LogP contribution in [-0.2, 0) is 33.4 Å². The monoisotopic (exact) mass is 888 g/mol. The highest BCUT2D eigenvalue weighted by Gasteiger charge is 2.48. The first-order chi connectivity index (χ1) is 30.1. The van der Waals surface area contributed by atoms with Gasteiger partial charge in [-0.15, -0.1) is 0 Å². The molecule has 2 aliphatic carbocycles. The molecule has 4 aromatic carbocycles. The number of ether oxygens (including phenoxy) is 2. The molecule has 64 heavy (non-hydrogen) atoms. The molecule has 8 unspecified atom stereocenters.